The Labute approximate surface area is 166 Å². The summed E-state index contributed by atoms with van der Waals surface area (Å²) >= 11 is 3.47. The lowest BCUT2D eigenvalue weighted by atomic mass is 9.98. The zero-order valence-electron chi connectivity index (χ0n) is 14.9. The van der Waals surface area contributed by atoms with Gasteiger partial charge in [-0.1, -0.05) is 22.4 Å². The third-order valence-electron chi connectivity index (χ3n) is 5.33. The number of benzene rings is 1. The van der Waals surface area contributed by atoms with Crippen molar-refractivity contribution in [3.8, 4) is 0 Å². The van der Waals surface area contributed by atoms with Gasteiger partial charge in [0.05, 0.1) is 5.57 Å². The zero-order valence-corrected chi connectivity index (χ0v) is 16.5. The molecule has 0 radical (unpaired) electrons. The van der Waals surface area contributed by atoms with Crippen LogP contribution < -0.4 is 5.32 Å². The van der Waals surface area contributed by atoms with Gasteiger partial charge in [-0.15, -0.1) is 0 Å². The van der Waals surface area contributed by atoms with E-state index in [-0.39, 0.29) is 12.3 Å². The number of aromatic amines is 1. The fourth-order valence-electron chi connectivity index (χ4n) is 4.04. The van der Waals surface area contributed by atoms with E-state index in [2.05, 4.69) is 26.2 Å². The molecule has 2 aliphatic rings. The van der Waals surface area contributed by atoms with Crippen LogP contribution in [-0.4, -0.2) is 22.0 Å². The van der Waals surface area contributed by atoms with Gasteiger partial charge in [-0.05, 0) is 67.5 Å². The number of anilines is 1. The molecule has 1 aromatic heterocycles. The molecule has 2 aromatic rings. The number of aryl methyl sites for hydroxylation is 1. The highest BCUT2D eigenvalue weighted by molar-refractivity contribution is 9.10. The molecule has 1 aromatic carbocycles. The number of aromatic nitrogens is 1. The van der Waals surface area contributed by atoms with Gasteiger partial charge in [-0.2, -0.15) is 0 Å². The van der Waals surface area contributed by atoms with Crippen LogP contribution in [0.2, 0.25) is 0 Å². The van der Waals surface area contributed by atoms with Crippen LogP contribution in [0, 0.1) is 0 Å². The standard InChI is InChI=1S/C21H21BrN2O3/c22-12-6-8-18-15(10-12)16(21(27)24-18)11-19-14(7-9-20(25)26)13-4-2-1-3-5-17(13)23-19/h6,8,10-11,23H,1-5,7,9H2,(H,24,27)(H,25,26). The first-order valence-electron chi connectivity index (χ1n) is 9.30. The Hall–Kier alpha value is -2.34. The van der Waals surface area contributed by atoms with Crippen LogP contribution in [0.1, 0.15) is 53.8 Å². The second-order valence-corrected chi connectivity index (χ2v) is 8.05. The lowest BCUT2D eigenvalue weighted by Gasteiger charge is -2.05. The van der Waals surface area contributed by atoms with Gasteiger partial charge in [0, 0.05) is 33.5 Å². The predicted molar refractivity (Wildman–Crippen MR) is 109 cm³/mol. The smallest absolute Gasteiger partial charge is 0.303 e. The monoisotopic (exact) mass is 428 g/mol. The number of halogens is 1. The molecule has 2 heterocycles. The Morgan fingerprint density at radius 1 is 1.22 bits per heavy atom. The molecule has 1 aliphatic carbocycles. The summed E-state index contributed by atoms with van der Waals surface area (Å²) in [7, 11) is 0. The molecule has 3 N–H and O–H groups in total. The first kappa shape index (κ1) is 18.0. The Kier molecular flexibility index (Phi) is 4.91. The molecule has 5 nitrogen and oxygen atoms in total. The average molecular weight is 429 g/mol. The maximum absolute atomic E-state index is 12.5. The van der Waals surface area contributed by atoms with Crippen molar-refractivity contribution in [3.63, 3.8) is 0 Å². The van der Waals surface area contributed by atoms with E-state index in [9.17, 15) is 9.59 Å². The maximum atomic E-state index is 12.5. The van der Waals surface area contributed by atoms with Gasteiger partial charge in [0.1, 0.15) is 0 Å². The minimum atomic E-state index is -0.801. The molecular weight excluding hydrogens is 408 g/mol. The highest BCUT2D eigenvalue weighted by Gasteiger charge is 2.26. The van der Waals surface area contributed by atoms with Crippen LogP contribution in [0.4, 0.5) is 5.69 Å². The van der Waals surface area contributed by atoms with Gasteiger partial charge >= 0.3 is 5.97 Å². The molecule has 6 heteroatoms. The number of aliphatic carboxylic acids is 1. The first-order valence-corrected chi connectivity index (χ1v) is 10.1. The van der Waals surface area contributed by atoms with Crippen LogP contribution in [0.25, 0.3) is 11.6 Å². The van der Waals surface area contributed by atoms with Crippen molar-refractivity contribution in [3.05, 3.63) is 50.8 Å². The molecule has 27 heavy (non-hydrogen) atoms. The highest BCUT2D eigenvalue weighted by atomic mass is 79.9. The lowest BCUT2D eigenvalue weighted by Crippen LogP contribution is -2.04. The number of H-pyrrole nitrogens is 1. The molecule has 0 bridgehead atoms. The highest BCUT2D eigenvalue weighted by Crippen LogP contribution is 2.36. The zero-order chi connectivity index (χ0) is 19.0. The van der Waals surface area contributed by atoms with E-state index < -0.39 is 5.97 Å². The number of carbonyl (C=O) groups excluding carboxylic acids is 1. The molecule has 4 rings (SSSR count). The summed E-state index contributed by atoms with van der Waals surface area (Å²) in [4.78, 5) is 27.2. The number of hydrogen-bond acceptors (Lipinski definition) is 2. The molecule has 1 aliphatic heterocycles. The number of fused-ring (bicyclic) bond motifs is 2. The number of rotatable bonds is 4. The Morgan fingerprint density at radius 2 is 2.04 bits per heavy atom. The Bertz CT molecular complexity index is 959. The molecule has 0 atom stereocenters. The van der Waals surface area contributed by atoms with Crippen molar-refractivity contribution in [1.82, 2.24) is 4.98 Å². The fourth-order valence-corrected chi connectivity index (χ4v) is 4.40. The number of hydrogen-bond donors (Lipinski definition) is 3. The average Bonchev–Trinajstić information content (AvgIpc) is 2.99. The SMILES string of the molecule is O=C(O)CCc1c(C=C2C(=O)Nc3ccc(Br)cc32)[nH]c2c1CCCCC2. The number of carbonyl (C=O) groups is 2. The van der Waals surface area contributed by atoms with Gasteiger partial charge in [-0.3, -0.25) is 9.59 Å². The van der Waals surface area contributed by atoms with Gasteiger partial charge in [-0.25, -0.2) is 0 Å². The number of carboxylic acid groups (broad SMARTS) is 1. The molecule has 0 saturated carbocycles. The Morgan fingerprint density at radius 3 is 2.85 bits per heavy atom. The molecular formula is C21H21BrN2O3. The van der Waals surface area contributed by atoms with E-state index in [1.54, 1.807) is 0 Å². The van der Waals surface area contributed by atoms with Crippen molar-refractivity contribution in [2.24, 2.45) is 0 Å². The van der Waals surface area contributed by atoms with Crippen LogP contribution >= 0.6 is 15.9 Å². The minimum absolute atomic E-state index is 0.0921. The van der Waals surface area contributed by atoms with Crippen LogP contribution in [0.15, 0.2) is 22.7 Å². The van der Waals surface area contributed by atoms with E-state index in [4.69, 9.17) is 5.11 Å². The molecule has 1 amide bonds. The topological polar surface area (TPSA) is 82.2 Å². The van der Waals surface area contributed by atoms with E-state index in [0.29, 0.717) is 12.0 Å². The first-order chi connectivity index (χ1) is 13.0. The van der Waals surface area contributed by atoms with E-state index in [1.807, 2.05) is 24.3 Å². The van der Waals surface area contributed by atoms with Crippen LogP contribution in [0.5, 0.6) is 0 Å². The quantitative estimate of drug-likeness (QED) is 0.493. The second-order valence-electron chi connectivity index (χ2n) is 7.13. The van der Waals surface area contributed by atoms with E-state index in [1.165, 1.54) is 17.7 Å². The van der Waals surface area contributed by atoms with Crippen LogP contribution in [0.3, 0.4) is 0 Å². The van der Waals surface area contributed by atoms with Crippen molar-refractivity contribution in [2.75, 3.05) is 5.32 Å². The molecule has 0 saturated heterocycles. The minimum Gasteiger partial charge on any atom is -0.481 e. The summed E-state index contributed by atoms with van der Waals surface area (Å²) in [5, 5.41) is 12.1. The van der Waals surface area contributed by atoms with Crippen molar-refractivity contribution >= 4 is 45.1 Å². The van der Waals surface area contributed by atoms with Gasteiger partial charge in [0.15, 0.2) is 0 Å². The summed E-state index contributed by atoms with van der Waals surface area (Å²) in [6.45, 7) is 0. The van der Waals surface area contributed by atoms with Crippen molar-refractivity contribution in [1.29, 1.82) is 0 Å². The lowest BCUT2D eigenvalue weighted by molar-refractivity contribution is -0.137. The van der Waals surface area contributed by atoms with Gasteiger partial charge in [0.2, 0.25) is 0 Å². The summed E-state index contributed by atoms with van der Waals surface area (Å²) in [5.74, 6) is -0.929. The third-order valence-corrected chi connectivity index (χ3v) is 5.83. The third kappa shape index (κ3) is 3.58. The number of carboxylic acids is 1. The van der Waals surface area contributed by atoms with Crippen LogP contribution in [-0.2, 0) is 28.9 Å². The fraction of sp³-hybridized carbons (Fsp3) is 0.333. The summed E-state index contributed by atoms with van der Waals surface area (Å²) in [6.07, 6.45) is 7.86. The molecule has 0 spiro atoms. The van der Waals surface area contributed by atoms with E-state index >= 15 is 0 Å². The summed E-state index contributed by atoms with van der Waals surface area (Å²) < 4.78 is 0.914. The van der Waals surface area contributed by atoms with Crippen molar-refractivity contribution in [2.45, 2.75) is 44.9 Å². The number of amides is 1. The maximum Gasteiger partial charge on any atom is 0.303 e. The largest absolute Gasteiger partial charge is 0.481 e. The second kappa shape index (κ2) is 7.35. The van der Waals surface area contributed by atoms with E-state index in [0.717, 1.165) is 52.7 Å². The molecule has 0 unspecified atom stereocenters. The predicted octanol–water partition coefficient (Wildman–Crippen LogP) is 4.56. The molecule has 140 valence electrons. The summed E-state index contributed by atoms with van der Waals surface area (Å²) in [6, 6.07) is 5.72. The van der Waals surface area contributed by atoms with Crippen molar-refractivity contribution < 1.29 is 14.7 Å². The molecule has 0 fully saturated rings. The Balaban J connectivity index is 1.80. The van der Waals surface area contributed by atoms with Gasteiger partial charge in [0.25, 0.3) is 5.91 Å². The van der Waals surface area contributed by atoms with Gasteiger partial charge < -0.3 is 15.4 Å². The normalized spacial score (nSPS) is 17.4. The summed E-state index contributed by atoms with van der Waals surface area (Å²) in [5.41, 5.74) is 6.66. The number of nitrogens with one attached hydrogen (secondary N) is 2.